The molecule has 0 aromatic heterocycles. The van der Waals surface area contributed by atoms with Crippen LogP contribution in [0.1, 0.15) is 18.4 Å². The van der Waals surface area contributed by atoms with Crippen LogP contribution in [0.2, 0.25) is 0 Å². The predicted molar refractivity (Wildman–Crippen MR) is 77.4 cm³/mol. The number of aliphatic hydroxyl groups excluding tert-OH is 1. The molecule has 6 heteroatoms. The van der Waals surface area contributed by atoms with Crippen LogP contribution in [0.25, 0.3) is 0 Å². The minimum atomic E-state index is -3.47. The Balaban J connectivity index is 2.34. The largest absolute Gasteiger partial charge is 0.396 e. The molecule has 0 amide bonds. The quantitative estimate of drug-likeness (QED) is 0.911. The van der Waals surface area contributed by atoms with Gasteiger partial charge < -0.3 is 5.11 Å². The standard InChI is InChI=1S/C13H18BrNO3S/c1-10-4-5-12(14)7-13(10)19(17,18)15-6-2-3-11(8-15)9-16/h4-5,7,11,16H,2-3,6,8-9H2,1H3. The molecule has 1 aromatic carbocycles. The molecule has 19 heavy (non-hydrogen) atoms. The van der Waals surface area contributed by atoms with Crippen LogP contribution in [0, 0.1) is 12.8 Å². The molecule has 1 atom stereocenters. The van der Waals surface area contributed by atoms with Gasteiger partial charge in [0.1, 0.15) is 0 Å². The van der Waals surface area contributed by atoms with Crippen LogP contribution in [0.15, 0.2) is 27.6 Å². The van der Waals surface area contributed by atoms with E-state index in [-0.39, 0.29) is 12.5 Å². The summed E-state index contributed by atoms with van der Waals surface area (Å²) in [5.74, 6) is 0.0518. The minimum absolute atomic E-state index is 0.0451. The molecular weight excluding hydrogens is 330 g/mol. The molecule has 4 nitrogen and oxygen atoms in total. The molecular formula is C13H18BrNO3S. The van der Waals surface area contributed by atoms with Gasteiger partial charge in [0.2, 0.25) is 10.0 Å². The summed E-state index contributed by atoms with van der Waals surface area (Å²) in [6, 6.07) is 5.28. The molecule has 1 unspecified atom stereocenters. The van der Waals surface area contributed by atoms with Crippen molar-refractivity contribution in [1.82, 2.24) is 4.31 Å². The van der Waals surface area contributed by atoms with E-state index in [9.17, 15) is 13.5 Å². The summed E-state index contributed by atoms with van der Waals surface area (Å²) in [4.78, 5) is 0.348. The monoisotopic (exact) mass is 347 g/mol. The number of nitrogens with zero attached hydrogens (tertiary/aromatic N) is 1. The van der Waals surface area contributed by atoms with Crippen molar-refractivity contribution in [3.8, 4) is 0 Å². The highest BCUT2D eigenvalue weighted by Gasteiger charge is 2.30. The number of aliphatic hydroxyl groups is 1. The summed E-state index contributed by atoms with van der Waals surface area (Å²) >= 11 is 3.32. The molecule has 0 bridgehead atoms. The van der Waals surface area contributed by atoms with Crippen molar-refractivity contribution in [3.63, 3.8) is 0 Å². The van der Waals surface area contributed by atoms with Gasteiger partial charge in [-0.15, -0.1) is 0 Å². The SMILES string of the molecule is Cc1ccc(Br)cc1S(=O)(=O)N1CCCC(CO)C1. The van der Waals surface area contributed by atoms with Gasteiger partial charge in [-0.25, -0.2) is 8.42 Å². The highest BCUT2D eigenvalue weighted by atomic mass is 79.9. The van der Waals surface area contributed by atoms with Crippen LogP contribution in [-0.4, -0.2) is 37.5 Å². The van der Waals surface area contributed by atoms with Gasteiger partial charge >= 0.3 is 0 Å². The lowest BCUT2D eigenvalue weighted by Crippen LogP contribution is -2.41. The highest BCUT2D eigenvalue weighted by Crippen LogP contribution is 2.27. The maximum absolute atomic E-state index is 12.6. The molecule has 1 saturated heterocycles. The zero-order valence-electron chi connectivity index (χ0n) is 10.8. The zero-order chi connectivity index (χ0) is 14.0. The normalized spacial score (nSPS) is 21.5. The lowest BCUT2D eigenvalue weighted by molar-refractivity contribution is 0.165. The van der Waals surface area contributed by atoms with Gasteiger partial charge in [0.05, 0.1) is 4.90 Å². The first-order chi connectivity index (χ1) is 8.95. The zero-order valence-corrected chi connectivity index (χ0v) is 13.2. The van der Waals surface area contributed by atoms with E-state index < -0.39 is 10.0 Å². The van der Waals surface area contributed by atoms with E-state index in [2.05, 4.69) is 15.9 Å². The van der Waals surface area contributed by atoms with Crippen molar-refractivity contribution in [2.24, 2.45) is 5.92 Å². The van der Waals surface area contributed by atoms with Crippen molar-refractivity contribution >= 4 is 26.0 Å². The smallest absolute Gasteiger partial charge is 0.243 e. The molecule has 0 saturated carbocycles. The Labute approximate surface area is 122 Å². The lowest BCUT2D eigenvalue weighted by Gasteiger charge is -2.31. The fourth-order valence-corrected chi connectivity index (χ4v) is 4.70. The Hall–Kier alpha value is -0.430. The molecule has 0 spiro atoms. The van der Waals surface area contributed by atoms with Crippen LogP contribution < -0.4 is 0 Å². The summed E-state index contributed by atoms with van der Waals surface area (Å²) in [5.41, 5.74) is 0.745. The van der Waals surface area contributed by atoms with Crippen LogP contribution in [0.3, 0.4) is 0 Å². The van der Waals surface area contributed by atoms with E-state index in [0.717, 1.165) is 22.9 Å². The van der Waals surface area contributed by atoms with Crippen molar-refractivity contribution in [2.45, 2.75) is 24.7 Å². The molecule has 106 valence electrons. The molecule has 1 aliphatic rings. The number of sulfonamides is 1. The number of rotatable bonds is 3. The number of aryl methyl sites for hydroxylation is 1. The number of halogens is 1. The molecule has 1 N–H and O–H groups in total. The topological polar surface area (TPSA) is 57.6 Å². The van der Waals surface area contributed by atoms with Crippen molar-refractivity contribution in [1.29, 1.82) is 0 Å². The number of hydrogen-bond donors (Lipinski definition) is 1. The Kier molecular flexibility index (Phi) is 4.66. The van der Waals surface area contributed by atoms with Crippen LogP contribution in [0.5, 0.6) is 0 Å². The maximum Gasteiger partial charge on any atom is 0.243 e. The van der Waals surface area contributed by atoms with Gasteiger partial charge in [-0.1, -0.05) is 22.0 Å². The van der Waals surface area contributed by atoms with E-state index in [4.69, 9.17) is 0 Å². The second kappa shape index (κ2) is 5.91. The molecule has 0 radical (unpaired) electrons. The first kappa shape index (κ1) is 15.0. The third-order valence-electron chi connectivity index (χ3n) is 3.51. The fraction of sp³-hybridized carbons (Fsp3) is 0.538. The number of hydrogen-bond acceptors (Lipinski definition) is 3. The summed E-state index contributed by atoms with van der Waals surface area (Å²) in [7, 11) is -3.47. The number of piperidine rings is 1. The average Bonchev–Trinajstić information content (AvgIpc) is 2.41. The van der Waals surface area contributed by atoms with Crippen molar-refractivity contribution < 1.29 is 13.5 Å². The van der Waals surface area contributed by atoms with Crippen molar-refractivity contribution in [3.05, 3.63) is 28.2 Å². The van der Waals surface area contributed by atoms with Gasteiger partial charge in [-0.05, 0) is 43.4 Å². The van der Waals surface area contributed by atoms with Crippen molar-refractivity contribution in [2.75, 3.05) is 19.7 Å². The second-order valence-corrected chi connectivity index (χ2v) is 7.79. The van der Waals surface area contributed by atoms with Crippen LogP contribution in [0.4, 0.5) is 0 Å². The highest BCUT2D eigenvalue weighted by molar-refractivity contribution is 9.10. The molecule has 1 aromatic rings. The first-order valence-corrected chi connectivity index (χ1v) is 8.55. The summed E-state index contributed by atoms with van der Waals surface area (Å²) in [6.45, 7) is 2.78. The van der Waals surface area contributed by atoms with Crippen LogP contribution >= 0.6 is 15.9 Å². The van der Waals surface area contributed by atoms with E-state index in [0.29, 0.717) is 18.0 Å². The summed E-state index contributed by atoms with van der Waals surface area (Å²) < 4.78 is 27.5. The predicted octanol–water partition coefficient (Wildman–Crippen LogP) is 2.15. The Bertz CT molecular complexity index is 559. The Morgan fingerprint density at radius 1 is 1.47 bits per heavy atom. The second-order valence-electron chi connectivity index (χ2n) is 4.96. The van der Waals surface area contributed by atoms with Gasteiger partial charge in [0.15, 0.2) is 0 Å². The first-order valence-electron chi connectivity index (χ1n) is 6.32. The Morgan fingerprint density at radius 3 is 2.89 bits per heavy atom. The van der Waals surface area contributed by atoms with Gasteiger partial charge in [0, 0.05) is 24.2 Å². The molecule has 1 heterocycles. The van der Waals surface area contributed by atoms with E-state index in [1.807, 2.05) is 6.07 Å². The summed E-state index contributed by atoms with van der Waals surface area (Å²) in [5, 5.41) is 9.21. The molecule has 1 fully saturated rings. The summed E-state index contributed by atoms with van der Waals surface area (Å²) in [6.07, 6.45) is 1.69. The van der Waals surface area contributed by atoms with Gasteiger partial charge in [-0.3, -0.25) is 0 Å². The fourth-order valence-electron chi connectivity index (χ4n) is 2.39. The number of benzene rings is 1. The lowest BCUT2D eigenvalue weighted by atomic mass is 10.0. The van der Waals surface area contributed by atoms with Gasteiger partial charge in [0.25, 0.3) is 0 Å². The third kappa shape index (κ3) is 3.18. The minimum Gasteiger partial charge on any atom is -0.396 e. The molecule has 0 aliphatic carbocycles. The third-order valence-corrected chi connectivity index (χ3v) is 6.01. The molecule has 1 aliphatic heterocycles. The van der Waals surface area contributed by atoms with Gasteiger partial charge in [-0.2, -0.15) is 4.31 Å². The Morgan fingerprint density at radius 2 is 2.21 bits per heavy atom. The molecule has 2 rings (SSSR count). The van der Waals surface area contributed by atoms with Crippen LogP contribution in [-0.2, 0) is 10.0 Å². The maximum atomic E-state index is 12.6. The van der Waals surface area contributed by atoms with E-state index >= 15 is 0 Å². The average molecular weight is 348 g/mol. The van der Waals surface area contributed by atoms with E-state index in [1.54, 1.807) is 19.1 Å². The van der Waals surface area contributed by atoms with E-state index in [1.165, 1.54) is 4.31 Å².